The molecule has 0 saturated carbocycles. The Bertz CT molecular complexity index is 549. The van der Waals surface area contributed by atoms with E-state index in [9.17, 15) is 9.59 Å². The first kappa shape index (κ1) is 15.3. The van der Waals surface area contributed by atoms with E-state index in [0.717, 1.165) is 6.42 Å². The second-order valence-corrected chi connectivity index (χ2v) is 6.25. The lowest BCUT2D eigenvalue weighted by Gasteiger charge is -2.29. The Kier molecular flexibility index (Phi) is 3.89. The van der Waals surface area contributed by atoms with Crippen molar-refractivity contribution in [1.29, 1.82) is 0 Å². The number of carbonyl (C=O) groups is 2. The molecule has 1 saturated heterocycles. The van der Waals surface area contributed by atoms with Gasteiger partial charge >= 0.3 is 12.1 Å². The Hall–Kier alpha value is -2.12. The van der Waals surface area contributed by atoms with E-state index in [4.69, 9.17) is 9.84 Å². The van der Waals surface area contributed by atoms with Crippen molar-refractivity contribution in [3.8, 4) is 0 Å². The van der Waals surface area contributed by atoms with Crippen LogP contribution in [-0.2, 0) is 4.74 Å². The topological polar surface area (TPSA) is 108 Å². The average molecular weight is 296 g/mol. The van der Waals surface area contributed by atoms with Crippen molar-refractivity contribution in [3.05, 3.63) is 11.4 Å². The average Bonchev–Trinajstić information content (AvgIpc) is 2.91. The number of nitrogens with one attached hydrogen (secondary N) is 1. The van der Waals surface area contributed by atoms with Gasteiger partial charge in [0.15, 0.2) is 5.69 Å². The number of ether oxygens (including phenoxy) is 1. The van der Waals surface area contributed by atoms with Gasteiger partial charge in [-0.15, -0.1) is 5.10 Å². The fourth-order valence-corrected chi connectivity index (χ4v) is 2.49. The van der Waals surface area contributed by atoms with Crippen molar-refractivity contribution in [1.82, 2.24) is 20.3 Å². The van der Waals surface area contributed by atoms with E-state index in [1.54, 1.807) is 20.8 Å². The van der Waals surface area contributed by atoms with E-state index in [-0.39, 0.29) is 17.3 Å². The molecule has 0 aromatic carbocycles. The van der Waals surface area contributed by atoms with Crippen molar-refractivity contribution >= 4 is 12.1 Å². The Labute approximate surface area is 122 Å². The highest BCUT2D eigenvalue weighted by molar-refractivity contribution is 5.86. The van der Waals surface area contributed by atoms with Crippen LogP contribution in [0.15, 0.2) is 0 Å². The van der Waals surface area contributed by atoms with Gasteiger partial charge in [-0.25, -0.2) is 9.59 Å². The number of H-pyrrole nitrogens is 1. The number of carboxylic acids is 1. The highest BCUT2D eigenvalue weighted by Gasteiger charge is 2.41. The van der Waals surface area contributed by atoms with Crippen molar-refractivity contribution in [2.75, 3.05) is 6.54 Å². The van der Waals surface area contributed by atoms with Gasteiger partial charge in [0, 0.05) is 6.54 Å². The van der Waals surface area contributed by atoms with Crippen molar-refractivity contribution in [2.45, 2.75) is 45.8 Å². The third-order valence-electron chi connectivity index (χ3n) is 3.39. The van der Waals surface area contributed by atoms with Gasteiger partial charge in [0.1, 0.15) is 11.3 Å². The molecule has 2 heterocycles. The van der Waals surface area contributed by atoms with E-state index in [2.05, 4.69) is 15.4 Å². The molecule has 2 unspecified atom stereocenters. The number of nitrogens with zero attached hydrogens (tertiary/aromatic N) is 3. The highest BCUT2D eigenvalue weighted by atomic mass is 16.6. The second kappa shape index (κ2) is 5.34. The summed E-state index contributed by atoms with van der Waals surface area (Å²) in [5.74, 6) is -1.08. The van der Waals surface area contributed by atoms with Crippen molar-refractivity contribution in [2.24, 2.45) is 5.92 Å². The van der Waals surface area contributed by atoms with E-state index in [1.165, 1.54) is 4.90 Å². The molecule has 1 aromatic rings. The molecule has 0 radical (unpaired) electrons. The second-order valence-electron chi connectivity index (χ2n) is 6.25. The zero-order chi connectivity index (χ0) is 15.8. The summed E-state index contributed by atoms with van der Waals surface area (Å²) < 4.78 is 5.38. The maximum atomic E-state index is 12.3. The van der Waals surface area contributed by atoms with E-state index < -0.39 is 23.7 Å². The number of likely N-dealkylation sites (tertiary alicyclic amines) is 1. The molecule has 2 rings (SSSR count). The fourth-order valence-electron chi connectivity index (χ4n) is 2.49. The van der Waals surface area contributed by atoms with Crippen LogP contribution in [-0.4, -0.2) is 49.6 Å². The van der Waals surface area contributed by atoms with Gasteiger partial charge in [-0.1, -0.05) is 6.92 Å². The smallest absolute Gasteiger partial charge is 0.410 e. The number of rotatable bonds is 2. The number of carboxylic acid groups (broad SMARTS) is 1. The van der Waals surface area contributed by atoms with Crippen LogP contribution in [0.25, 0.3) is 0 Å². The minimum absolute atomic E-state index is 0.0840. The van der Waals surface area contributed by atoms with Gasteiger partial charge in [0.05, 0.1) is 6.04 Å². The molecule has 0 aliphatic carbocycles. The summed E-state index contributed by atoms with van der Waals surface area (Å²) in [6.45, 7) is 7.83. The monoisotopic (exact) mass is 296 g/mol. The summed E-state index contributed by atoms with van der Waals surface area (Å²) in [5.41, 5.74) is -0.479. The quantitative estimate of drug-likeness (QED) is 0.861. The van der Waals surface area contributed by atoms with Gasteiger partial charge in [-0.05, 0) is 33.1 Å². The Morgan fingerprint density at radius 2 is 2.05 bits per heavy atom. The first-order valence-corrected chi connectivity index (χ1v) is 6.84. The van der Waals surface area contributed by atoms with Crippen molar-refractivity contribution in [3.63, 3.8) is 0 Å². The third kappa shape index (κ3) is 3.14. The number of carbonyl (C=O) groups excluding carboxylic acids is 1. The van der Waals surface area contributed by atoms with E-state index >= 15 is 0 Å². The van der Waals surface area contributed by atoms with Gasteiger partial charge < -0.3 is 9.84 Å². The molecule has 1 aliphatic rings. The molecular weight excluding hydrogens is 276 g/mol. The first-order valence-electron chi connectivity index (χ1n) is 6.84. The standard InChI is InChI=1S/C13H20N4O4/c1-7-5-6-17(12(20)21-13(2,3)4)10(7)8-9(11(18)19)15-16-14-8/h7,10H,5-6H2,1-4H3,(H,18,19)(H,14,15,16). The Morgan fingerprint density at radius 3 is 2.62 bits per heavy atom. The third-order valence-corrected chi connectivity index (χ3v) is 3.39. The summed E-state index contributed by atoms with van der Waals surface area (Å²) in [6.07, 6.45) is 0.298. The predicted molar refractivity (Wildman–Crippen MR) is 72.8 cm³/mol. The molecule has 2 N–H and O–H groups in total. The zero-order valence-electron chi connectivity index (χ0n) is 12.6. The Morgan fingerprint density at radius 1 is 1.38 bits per heavy atom. The minimum atomic E-state index is -1.16. The van der Waals surface area contributed by atoms with Gasteiger partial charge in [0.2, 0.25) is 0 Å². The molecule has 1 aromatic heterocycles. The summed E-state index contributed by atoms with van der Waals surface area (Å²) in [4.78, 5) is 25.0. The molecule has 0 spiro atoms. The SMILES string of the molecule is CC1CCN(C(=O)OC(C)(C)C)C1c1n[nH]nc1C(=O)O. The van der Waals surface area contributed by atoms with Crippen LogP contribution in [0.4, 0.5) is 4.79 Å². The van der Waals surface area contributed by atoms with Gasteiger partial charge in [-0.2, -0.15) is 10.3 Å². The number of amides is 1. The molecule has 21 heavy (non-hydrogen) atoms. The van der Waals surface area contributed by atoms with Crippen LogP contribution in [0.2, 0.25) is 0 Å². The minimum Gasteiger partial charge on any atom is -0.476 e. The van der Waals surface area contributed by atoms with Gasteiger partial charge in [0.25, 0.3) is 0 Å². The van der Waals surface area contributed by atoms with E-state index in [0.29, 0.717) is 6.54 Å². The number of aromatic carboxylic acids is 1. The molecule has 8 nitrogen and oxygen atoms in total. The molecule has 8 heteroatoms. The fraction of sp³-hybridized carbons (Fsp3) is 0.692. The van der Waals surface area contributed by atoms with Crippen LogP contribution < -0.4 is 0 Å². The lowest BCUT2D eigenvalue weighted by atomic mass is 9.98. The molecule has 1 amide bonds. The van der Waals surface area contributed by atoms with Crippen LogP contribution in [0.1, 0.15) is 56.3 Å². The van der Waals surface area contributed by atoms with Crippen LogP contribution in [0.5, 0.6) is 0 Å². The van der Waals surface area contributed by atoms with Gasteiger partial charge in [-0.3, -0.25) is 4.90 Å². The lowest BCUT2D eigenvalue weighted by Crippen LogP contribution is -2.37. The van der Waals surface area contributed by atoms with Crippen molar-refractivity contribution < 1.29 is 19.4 Å². The largest absolute Gasteiger partial charge is 0.476 e. The summed E-state index contributed by atoms with van der Waals surface area (Å²) in [6, 6.07) is -0.440. The molecule has 116 valence electrons. The molecular formula is C13H20N4O4. The number of hydrogen-bond donors (Lipinski definition) is 2. The maximum Gasteiger partial charge on any atom is 0.410 e. The zero-order valence-corrected chi connectivity index (χ0v) is 12.6. The van der Waals surface area contributed by atoms with Crippen LogP contribution >= 0.6 is 0 Å². The van der Waals surface area contributed by atoms with E-state index in [1.807, 2.05) is 6.92 Å². The van der Waals surface area contributed by atoms with Crippen LogP contribution in [0, 0.1) is 5.92 Å². The van der Waals surface area contributed by atoms with Crippen LogP contribution in [0.3, 0.4) is 0 Å². The highest BCUT2D eigenvalue weighted by Crippen LogP contribution is 2.37. The number of aromatic nitrogens is 3. The maximum absolute atomic E-state index is 12.3. The lowest BCUT2D eigenvalue weighted by molar-refractivity contribution is 0.0202. The number of hydrogen-bond acceptors (Lipinski definition) is 5. The molecule has 1 fully saturated rings. The Balaban J connectivity index is 2.29. The normalized spacial score (nSPS) is 22.4. The molecule has 1 aliphatic heterocycles. The molecule has 0 bridgehead atoms. The molecule has 2 atom stereocenters. The summed E-state index contributed by atoms with van der Waals surface area (Å²) in [5, 5.41) is 19.1. The summed E-state index contributed by atoms with van der Waals surface area (Å²) in [7, 11) is 0. The predicted octanol–water partition coefficient (Wildman–Crippen LogP) is 1.82. The summed E-state index contributed by atoms with van der Waals surface area (Å²) >= 11 is 0. The number of aromatic amines is 1. The first-order chi connectivity index (χ1) is 9.70.